The van der Waals surface area contributed by atoms with E-state index in [2.05, 4.69) is 17.0 Å². The molecule has 3 heterocycles. The molecule has 1 aliphatic heterocycles. The summed E-state index contributed by atoms with van der Waals surface area (Å²) < 4.78 is 20.4. The van der Waals surface area contributed by atoms with Crippen LogP contribution in [-0.4, -0.2) is 70.5 Å². The summed E-state index contributed by atoms with van der Waals surface area (Å²) in [7, 11) is 1.54. The fraction of sp³-hybridized carbons (Fsp3) is 0.333. The van der Waals surface area contributed by atoms with Crippen molar-refractivity contribution in [3.05, 3.63) is 77.5 Å². The molecule has 0 spiro atoms. The maximum absolute atomic E-state index is 13.6. The number of rotatable bonds is 6. The molecule has 8 nitrogen and oxygen atoms in total. The number of carbonyl (C=O) groups is 1. The minimum Gasteiger partial charge on any atom is -0.375 e. The Labute approximate surface area is 209 Å². The zero-order valence-corrected chi connectivity index (χ0v) is 20.5. The highest BCUT2D eigenvalue weighted by molar-refractivity contribution is 5.91. The average Bonchev–Trinajstić information content (AvgIpc) is 3.05. The molecule has 0 atom stereocenters. The first kappa shape index (κ1) is 23.9. The molecule has 186 valence electrons. The highest BCUT2D eigenvalue weighted by Gasteiger charge is 2.25. The van der Waals surface area contributed by atoms with Crippen LogP contribution >= 0.6 is 0 Å². The Morgan fingerprint density at radius 1 is 1.00 bits per heavy atom. The van der Waals surface area contributed by atoms with E-state index in [1.807, 2.05) is 30.0 Å². The molecular weight excluding hydrogens is 459 g/mol. The summed E-state index contributed by atoms with van der Waals surface area (Å²) in [6, 6.07) is 16.3. The van der Waals surface area contributed by atoms with Gasteiger partial charge in [-0.25, -0.2) is 19.0 Å². The molecule has 4 aromatic rings. The largest absolute Gasteiger partial charge is 0.375 e. The molecule has 1 fully saturated rings. The summed E-state index contributed by atoms with van der Waals surface area (Å²) in [6.45, 7) is 4.70. The number of methoxy groups -OCH3 is 1. The van der Waals surface area contributed by atoms with Crippen LogP contribution < -0.4 is 4.90 Å². The molecule has 0 saturated carbocycles. The number of hydrogen-bond donors (Lipinski definition) is 0. The van der Waals surface area contributed by atoms with E-state index in [1.54, 1.807) is 16.8 Å². The molecule has 0 aliphatic carbocycles. The Hall–Kier alpha value is -3.85. The molecule has 0 radical (unpaired) electrons. The maximum Gasteiger partial charge on any atom is 0.248 e. The molecule has 1 saturated heterocycles. The zero-order valence-electron chi connectivity index (χ0n) is 20.5. The third-order valence-electron chi connectivity index (χ3n) is 6.42. The van der Waals surface area contributed by atoms with Gasteiger partial charge in [0, 0.05) is 39.7 Å². The van der Waals surface area contributed by atoms with Crippen LogP contribution in [0.5, 0.6) is 0 Å². The van der Waals surface area contributed by atoms with E-state index >= 15 is 0 Å². The Bertz CT molecular complexity index is 1360. The van der Waals surface area contributed by atoms with Gasteiger partial charge < -0.3 is 14.5 Å². The topological polar surface area (TPSA) is 76.4 Å². The van der Waals surface area contributed by atoms with E-state index in [4.69, 9.17) is 19.8 Å². The van der Waals surface area contributed by atoms with E-state index < -0.39 is 0 Å². The highest BCUT2D eigenvalue weighted by atomic mass is 19.1. The molecule has 36 heavy (non-hydrogen) atoms. The standard InChI is InChI=1S/C27H29FN6O2/c1-19-25-26(33-14-6-13-32(15-16-33)24(35)18-36-2)29-23(17-20-7-4-3-5-8-20)30-27(25)34(31-19)22-11-9-21(28)10-12-22/h3-5,7-12H,6,13-18H2,1-2H3. The van der Waals surface area contributed by atoms with Gasteiger partial charge >= 0.3 is 0 Å². The zero-order chi connectivity index (χ0) is 25.1. The lowest BCUT2D eigenvalue weighted by atomic mass is 10.1. The van der Waals surface area contributed by atoms with Gasteiger partial charge in [0.1, 0.15) is 24.1 Å². The van der Waals surface area contributed by atoms with Gasteiger partial charge in [-0.1, -0.05) is 30.3 Å². The lowest BCUT2D eigenvalue weighted by Crippen LogP contribution is -2.37. The van der Waals surface area contributed by atoms with Crippen LogP contribution in [-0.2, 0) is 16.0 Å². The number of aromatic nitrogens is 4. The molecule has 5 rings (SSSR count). The molecule has 0 N–H and O–H groups in total. The smallest absolute Gasteiger partial charge is 0.248 e. The number of halogens is 1. The van der Waals surface area contributed by atoms with Gasteiger partial charge in [0.2, 0.25) is 5.91 Å². The first-order chi connectivity index (χ1) is 17.5. The van der Waals surface area contributed by atoms with Crippen LogP contribution in [0.25, 0.3) is 16.7 Å². The van der Waals surface area contributed by atoms with E-state index in [9.17, 15) is 9.18 Å². The number of fused-ring (bicyclic) bond motifs is 1. The summed E-state index contributed by atoms with van der Waals surface area (Å²) in [6.07, 6.45) is 1.39. The maximum atomic E-state index is 13.6. The summed E-state index contributed by atoms with van der Waals surface area (Å²) in [5, 5.41) is 5.64. The third-order valence-corrected chi connectivity index (χ3v) is 6.42. The number of amides is 1. The van der Waals surface area contributed by atoms with E-state index in [1.165, 1.54) is 19.2 Å². The van der Waals surface area contributed by atoms with Gasteiger partial charge in [-0.15, -0.1) is 0 Å². The molecule has 2 aromatic heterocycles. The van der Waals surface area contributed by atoms with Gasteiger partial charge in [0.25, 0.3) is 0 Å². The van der Waals surface area contributed by atoms with Crippen LogP contribution in [0.2, 0.25) is 0 Å². The van der Waals surface area contributed by atoms with E-state index in [0.717, 1.165) is 41.1 Å². The van der Waals surface area contributed by atoms with Crippen molar-refractivity contribution in [2.75, 3.05) is 44.8 Å². The normalized spacial score (nSPS) is 14.3. The number of anilines is 1. The van der Waals surface area contributed by atoms with Gasteiger partial charge in [-0.3, -0.25) is 4.79 Å². The van der Waals surface area contributed by atoms with Crippen molar-refractivity contribution in [1.82, 2.24) is 24.6 Å². The fourth-order valence-electron chi connectivity index (χ4n) is 4.65. The SMILES string of the molecule is COCC(=O)N1CCCN(c2nc(Cc3ccccc3)nc3c2c(C)nn3-c2ccc(F)cc2)CC1. The number of carbonyl (C=O) groups excluding carboxylic acids is 1. The third kappa shape index (κ3) is 4.92. The van der Waals surface area contributed by atoms with Crippen molar-refractivity contribution in [3.8, 4) is 5.69 Å². The molecule has 1 amide bonds. The van der Waals surface area contributed by atoms with Gasteiger partial charge in [0.15, 0.2) is 5.65 Å². The first-order valence-corrected chi connectivity index (χ1v) is 12.1. The monoisotopic (exact) mass is 488 g/mol. The van der Waals surface area contributed by atoms with E-state index in [-0.39, 0.29) is 18.3 Å². The molecular formula is C27H29FN6O2. The van der Waals surface area contributed by atoms with Gasteiger partial charge in [0.05, 0.1) is 16.8 Å². The second-order valence-electron chi connectivity index (χ2n) is 8.95. The minimum atomic E-state index is -0.302. The van der Waals surface area contributed by atoms with Crippen LogP contribution in [0, 0.1) is 12.7 Å². The van der Waals surface area contributed by atoms with Gasteiger partial charge in [-0.2, -0.15) is 5.10 Å². The van der Waals surface area contributed by atoms with Crippen molar-refractivity contribution in [2.45, 2.75) is 19.8 Å². The number of ether oxygens (including phenoxy) is 1. The van der Waals surface area contributed by atoms with Crippen LogP contribution in [0.4, 0.5) is 10.2 Å². The molecule has 0 bridgehead atoms. The van der Waals surface area contributed by atoms with Crippen LogP contribution in [0.1, 0.15) is 23.5 Å². The van der Waals surface area contributed by atoms with E-state index in [0.29, 0.717) is 37.5 Å². The Morgan fingerprint density at radius 3 is 2.53 bits per heavy atom. The van der Waals surface area contributed by atoms with Crippen LogP contribution in [0.3, 0.4) is 0 Å². The number of benzene rings is 2. The number of hydrogen-bond acceptors (Lipinski definition) is 6. The van der Waals surface area contributed by atoms with Crippen molar-refractivity contribution in [2.24, 2.45) is 0 Å². The fourth-order valence-corrected chi connectivity index (χ4v) is 4.65. The molecule has 2 aromatic carbocycles. The predicted octanol–water partition coefficient (Wildman–Crippen LogP) is 3.54. The lowest BCUT2D eigenvalue weighted by Gasteiger charge is -2.24. The second kappa shape index (κ2) is 10.4. The highest BCUT2D eigenvalue weighted by Crippen LogP contribution is 2.30. The number of aryl methyl sites for hydroxylation is 1. The Morgan fingerprint density at radius 2 is 1.78 bits per heavy atom. The summed E-state index contributed by atoms with van der Waals surface area (Å²) in [4.78, 5) is 26.4. The van der Waals surface area contributed by atoms with Crippen molar-refractivity contribution < 1.29 is 13.9 Å². The second-order valence-corrected chi connectivity index (χ2v) is 8.95. The Balaban J connectivity index is 1.58. The molecule has 9 heteroatoms. The van der Waals surface area contributed by atoms with Crippen molar-refractivity contribution in [1.29, 1.82) is 0 Å². The van der Waals surface area contributed by atoms with Crippen molar-refractivity contribution >= 4 is 22.8 Å². The molecule has 0 unspecified atom stereocenters. The molecule has 1 aliphatic rings. The lowest BCUT2D eigenvalue weighted by molar-refractivity contribution is -0.134. The minimum absolute atomic E-state index is 0.00254. The van der Waals surface area contributed by atoms with Crippen molar-refractivity contribution in [3.63, 3.8) is 0 Å². The predicted molar refractivity (Wildman–Crippen MR) is 136 cm³/mol. The van der Waals surface area contributed by atoms with Gasteiger partial charge in [-0.05, 0) is 43.2 Å². The Kier molecular flexibility index (Phi) is 6.90. The summed E-state index contributed by atoms with van der Waals surface area (Å²) in [5.41, 5.74) is 3.33. The van der Waals surface area contributed by atoms with Crippen LogP contribution in [0.15, 0.2) is 54.6 Å². The quantitative estimate of drug-likeness (QED) is 0.413. The summed E-state index contributed by atoms with van der Waals surface area (Å²) in [5.74, 6) is 1.20. The first-order valence-electron chi connectivity index (χ1n) is 12.1. The summed E-state index contributed by atoms with van der Waals surface area (Å²) >= 11 is 0. The average molecular weight is 489 g/mol. The number of nitrogens with zero attached hydrogens (tertiary/aromatic N) is 6.